The average Bonchev–Trinajstić information content (AvgIpc) is 2.66. The molecule has 0 saturated carbocycles. The zero-order valence-corrected chi connectivity index (χ0v) is 13.8. The number of hydrogen-bond acceptors (Lipinski definition) is 2. The number of benzene rings is 3. The molecular weight excluding hydrogens is 312 g/mol. The smallest absolute Gasteiger partial charge is 0.251 e. The molecule has 0 saturated heterocycles. The molecule has 0 aliphatic carbocycles. The summed E-state index contributed by atoms with van der Waals surface area (Å²) in [6, 6.07) is 20.8. The van der Waals surface area contributed by atoms with E-state index in [2.05, 4.69) is 10.6 Å². The van der Waals surface area contributed by atoms with Gasteiger partial charge in [0, 0.05) is 29.8 Å². The van der Waals surface area contributed by atoms with Crippen molar-refractivity contribution < 1.29 is 9.59 Å². The molecule has 0 aliphatic heterocycles. The van der Waals surface area contributed by atoms with Gasteiger partial charge in [0.1, 0.15) is 0 Å². The van der Waals surface area contributed by atoms with Gasteiger partial charge in [0.2, 0.25) is 5.91 Å². The lowest BCUT2D eigenvalue weighted by molar-refractivity contribution is -0.111. The Morgan fingerprint density at radius 3 is 2.36 bits per heavy atom. The van der Waals surface area contributed by atoms with E-state index >= 15 is 0 Å². The zero-order valence-electron chi connectivity index (χ0n) is 13.8. The van der Waals surface area contributed by atoms with Crippen LogP contribution in [0.3, 0.4) is 0 Å². The van der Waals surface area contributed by atoms with Gasteiger partial charge in [-0.15, -0.1) is 0 Å². The summed E-state index contributed by atoms with van der Waals surface area (Å²) < 4.78 is 0. The minimum atomic E-state index is -0.202. The number of carbonyl (C=O) groups excluding carboxylic acids is 2. The van der Waals surface area contributed by atoms with Crippen LogP contribution in [-0.2, 0) is 4.79 Å². The molecule has 0 bridgehead atoms. The van der Waals surface area contributed by atoms with Gasteiger partial charge in [-0.3, -0.25) is 9.59 Å². The van der Waals surface area contributed by atoms with Crippen LogP contribution < -0.4 is 10.6 Å². The number of amides is 2. The molecule has 0 fully saturated rings. The third-order valence-electron chi connectivity index (χ3n) is 3.87. The fourth-order valence-electron chi connectivity index (χ4n) is 2.57. The summed E-state index contributed by atoms with van der Waals surface area (Å²) in [4.78, 5) is 23.7. The van der Waals surface area contributed by atoms with E-state index < -0.39 is 0 Å². The van der Waals surface area contributed by atoms with Crippen molar-refractivity contribution in [2.75, 3.05) is 12.4 Å². The maximum absolute atomic E-state index is 12.2. The predicted octanol–water partition coefficient (Wildman–Crippen LogP) is 3.85. The van der Waals surface area contributed by atoms with Gasteiger partial charge in [-0.25, -0.2) is 0 Å². The second kappa shape index (κ2) is 7.45. The van der Waals surface area contributed by atoms with Gasteiger partial charge in [0.25, 0.3) is 5.91 Å². The molecule has 0 aromatic heterocycles. The first-order valence-electron chi connectivity index (χ1n) is 7.96. The molecule has 3 aromatic carbocycles. The van der Waals surface area contributed by atoms with E-state index in [0.717, 1.165) is 22.0 Å². The van der Waals surface area contributed by atoms with Crippen molar-refractivity contribution in [3.05, 3.63) is 83.9 Å². The molecule has 25 heavy (non-hydrogen) atoms. The van der Waals surface area contributed by atoms with Crippen LogP contribution in [-0.4, -0.2) is 18.9 Å². The lowest BCUT2D eigenvalue weighted by Gasteiger charge is -2.06. The number of nitrogens with one attached hydrogen (secondary N) is 2. The van der Waals surface area contributed by atoms with Gasteiger partial charge in [-0.1, -0.05) is 48.5 Å². The maximum atomic E-state index is 12.2. The largest absolute Gasteiger partial charge is 0.355 e. The number of fused-ring (bicyclic) bond motifs is 1. The average molecular weight is 330 g/mol. The van der Waals surface area contributed by atoms with E-state index in [1.54, 1.807) is 37.4 Å². The van der Waals surface area contributed by atoms with Crippen molar-refractivity contribution in [2.24, 2.45) is 0 Å². The molecule has 3 rings (SSSR count). The van der Waals surface area contributed by atoms with Gasteiger partial charge < -0.3 is 10.6 Å². The second-order valence-electron chi connectivity index (χ2n) is 5.55. The quantitative estimate of drug-likeness (QED) is 0.714. The minimum Gasteiger partial charge on any atom is -0.355 e. The molecule has 4 nitrogen and oxygen atoms in total. The van der Waals surface area contributed by atoms with E-state index in [0.29, 0.717) is 5.56 Å². The van der Waals surface area contributed by atoms with E-state index in [1.807, 2.05) is 42.5 Å². The Morgan fingerprint density at radius 1 is 0.880 bits per heavy atom. The molecule has 0 atom stereocenters. The third kappa shape index (κ3) is 3.93. The van der Waals surface area contributed by atoms with E-state index in [1.165, 1.54) is 6.08 Å². The van der Waals surface area contributed by atoms with Crippen LogP contribution in [0.4, 0.5) is 5.69 Å². The Morgan fingerprint density at radius 2 is 1.60 bits per heavy atom. The molecule has 0 heterocycles. The SMILES string of the molecule is CNC(=O)c1ccc(/C=C/C(=O)Nc2cccc3ccccc23)cc1. The highest BCUT2D eigenvalue weighted by Crippen LogP contribution is 2.22. The molecule has 2 N–H and O–H groups in total. The summed E-state index contributed by atoms with van der Waals surface area (Å²) in [5.74, 6) is -0.337. The van der Waals surface area contributed by atoms with Crippen LogP contribution in [0, 0.1) is 0 Å². The monoisotopic (exact) mass is 330 g/mol. The normalized spacial score (nSPS) is 10.8. The highest BCUT2D eigenvalue weighted by Gasteiger charge is 2.03. The number of carbonyl (C=O) groups is 2. The lowest BCUT2D eigenvalue weighted by atomic mass is 10.1. The van der Waals surface area contributed by atoms with Crippen molar-refractivity contribution in [1.29, 1.82) is 0 Å². The molecular formula is C21H18N2O2. The Labute approximate surface area is 146 Å². The predicted molar refractivity (Wildman–Crippen MR) is 101 cm³/mol. The first-order valence-corrected chi connectivity index (χ1v) is 7.96. The van der Waals surface area contributed by atoms with Crippen molar-refractivity contribution in [3.8, 4) is 0 Å². The van der Waals surface area contributed by atoms with Gasteiger partial charge in [-0.2, -0.15) is 0 Å². The van der Waals surface area contributed by atoms with Crippen molar-refractivity contribution in [1.82, 2.24) is 5.32 Å². The van der Waals surface area contributed by atoms with Crippen LogP contribution in [0.2, 0.25) is 0 Å². The fourth-order valence-corrected chi connectivity index (χ4v) is 2.57. The summed E-state index contributed by atoms with van der Waals surface area (Å²) in [6.45, 7) is 0. The molecule has 2 amide bonds. The Bertz CT molecular complexity index is 938. The summed E-state index contributed by atoms with van der Waals surface area (Å²) in [5.41, 5.74) is 2.21. The van der Waals surface area contributed by atoms with Gasteiger partial charge in [-0.05, 0) is 35.2 Å². The summed E-state index contributed by atoms with van der Waals surface area (Å²) in [7, 11) is 1.59. The zero-order chi connectivity index (χ0) is 17.6. The standard InChI is InChI=1S/C21H18N2O2/c1-22-21(25)17-12-9-15(10-13-17)11-14-20(24)23-19-8-4-6-16-5-2-3-7-18(16)19/h2-14H,1H3,(H,22,25)(H,23,24)/b14-11+. The van der Waals surface area contributed by atoms with Crippen LogP contribution in [0.15, 0.2) is 72.8 Å². The van der Waals surface area contributed by atoms with Crippen LogP contribution in [0.5, 0.6) is 0 Å². The fraction of sp³-hybridized carbons (Fsp3) is 0.0476. The maximum Gasteiger partial charge on any atom is 0.251 e. The van der Waals surface area contributed by atoms with E-state index in [-0.39, 0.29) is 11.8 Å². The van der Waals surface area contributed by atoms with Crippen molar-refractivity contribution >= 4 is 34.4 Å². The molecule has 3 aromatic rings. The molecule has 4 heteroatoms. The lowest BCUT2D eigenvalue weighted by Crippen LogP contribution is -2.17. The second-order valence-corrected chi connectivity index (χ2v) is 5.55. The van der Waals surface area contributed by atoms with Crippen LogP contribution in [0.1, 0.15) is 15.9 Å². The Kier molecular flexibility index (Phi) is 4.90. The van der Waals surface area contributed by atoms with Gasteiger partial charge in [0.05, 0.1) is 0 Å². The summed E-state index contributed by atoms with van der Waals surface area (Å²) in [5, 5.41) is 7.56. The molecule has 0 aliphatic rings. The van der Waals surface area contributed by atoms with Crippen molar-refractivity contribution in [3.63, 3.8) is 0 Å². The van der Waals surface area contributed by atoms with Gasteiger partial charge in [0.15, 0.2) is 0 Å². The molecule has 0 unspecified atom stereocenters. The highest BCUT2D eigenvalue weighted by molar-refractivity contribution is 6.07. The van der Waals surface area contributed by atoms with E-state index in [9.17, 15) is 9.59 Å². The van der Waals surface area contributed by atoms with Crippen LogP contribution >= 0.6 is 0 Å². The first kappa shape index (κ1) is 16.5. The highest BCUT2D eigenvalue weighted by atomic mass is 16.2. The van der Waals surface area contributed by atoms with E-state index in [4.69, 9.17) is 0 Å². The Hall–Kier alpha value is -3.40. The topological polar surface area (TPSA) is 58.2 Å². The molecule has 0 radical (unpaired) electrons. The number of anilines is 1. The summed E-state index contributed by atoms with van der Waals surface area (Å²) >= 11 is 0. The molecule has 124 valence electrons. The third-order valence-corrected chi connectivity index (χ3v) is 3.87. The summed E-state index contributed by atoms with van der Waals surface area (Å²) in [6.07, 6.45) is 3.20. The first-order chi connectivity index (χ1) is 12.2. The number of rotatable bonds is 4. The van der Waals surface area contributed by atoms with Crippen molar-refractivity contribution in [2.45, 2.75) is 0 Å². The minimum absolute atomic E-state index is 0.135. The number of hydrogen-bond donors (Lipinski definition) is 2. The Balaban J connectivity index is 1.71. The van der Waals surface area contributed by atoms with Gasteiger partial charge >= 0.3 is 0 Å². The molecule has 0 spiro atoms. The van der Waals surface area contributed by atoms with Crippen LogP contribution in [0.25, 0.3) is 16.8 Å².